The molecule has 5 nitrogen and oxygen atoms in total. The van der Waals surface area contributed by atoms with Crippen LogP contribution in [0.3, 0.4) is 0 Å². The van der Waals surface area contributed by atoms with Gasteiger partial charge in [-0.05, 0) is 62.6 Å². The van der Waals surface area contributed by atoms with Crippen LogP contribution in [-0.4, -0.2) is 24.0 Å². The Hall–Kier alpha value is -2.82. The quantitative estimate of drug-likeness (QED) is 0.913. The third kappa shape index (κ3) is 3.57. The van der Waals surface area contributed by atoms with Crippen molar-refractivity contribution in [3.05, 3.63) is 53.6 Å². The van der Waals surface area contributed by atoms with Gasteiger partial charge < -0.3 is 10.1 Å². The van der Waals surface area contributed by atoms with Crippen molar-refractivity contribution in [1.29, 1.82) is 0 Å². The lowest BCUT2D eigenvalue weighted by Crippen LogP contribution is -2.54. The molecule has 0 aromatic heterocycles. The maximum absolute atomic E-state index is 12.8. The van der Waals surface area contributed by atoms with Crippen LogP contribution < -0.4 is 15.0 Å². The lowest BCUT2D eigenvalue weighted by atomic mass is 10.0. The van der Waals surface area contributed by atoms with E-state index in [0.717, 1.165) is 17.7 Å². The molecule has 1 N–H and O–H groups in total. The molecule has 0 aliphatic carbocycles. The van der Waals surface area contributed by atoms with Crippen LogP contribution in [0.5, 0.6) is 5.75 Å². The second kappa shape index (κ2) is 6.83. The zero-order valence-corrected chi connectivity index (χ0v) is 15.6. The van der Waals surface area contributed by atoms with Gasteiger partial charge in [0.1, 0.15) is 12.3 Å². The lowest BCUT2D eigenvalue weighted by Gasteiger charge is -2.38. The number of fused-ring (bicyclic) bond motifs is 1. The summed E-state index contributed by atoms with van der Waals surface area (Å²) in [7, 11) is 0. The minimum Gasteiger partial charge on any atom is -0.476 e. The molecule has 3 rings (SSSR count). The van der Waals surface area contributed by atoms with Gasteiger partial charge in [-0.15, -0.1) is 0 Å². The van der Waals surface area contributed by atoms with Crippen molar-refractivity contribution < 1.29 is 14.3 Å². The van der Waals surface area contributed by atoms with Gasteiger partial charge in [0.05, 0.1) is 5.69 Å². The van der Waals surface area contributed by atoms with E-state index in [2.05, 4.69) is 12.2 Å². The number of aryl methyl sites for hydroxylation is 2. The van der Waals surface area contributed by atoms with Crippen molar-refractivity contribution in [2.45, 2.75) is 39.7 Å². The van der Waals surface area contributed by atoms with Gasteiger partial charge in [-0.2, -0.15) is 0 Å². The second-order valence-corrected chi connectivity index (χ2v) is 7.07. The fraction of sp³-hybridized carbons (Fsp3) is 0.333. The zero-order chi connectivity index (χ0) is 18.9. The van der Waals surface area contributed by atoms with Gasteiger partial charge in [0.2, 0.25) is 5.91 Å². The topological polar surface area (TPSA) is 58.6 Å². The van der Waals surface area contributed by atoms with Gasteiger partial charge in [-0.3, -0.25) is 14.5 Å². The summed E-state index contributed by atoms with van der Waals surface area (Å²) in [4.78, 5) is 26.9. The zero-order valence-electron chi connectivity index (χ0n) is 15.6. The Balaban J connectivity index is 1.81. The summed E-state index contributed by atoms with van der Waals surface area (Å²) in [5.74, 6) is 0.139. The fourth-order valence-electron chi connectivity index (χ4n) is 3.00. The molecule has 2 aromatic rings. The Bertz CT molecular complexity index is 841. The summed E-state index contributed by atoms with van der Waals surface area (Å²) in [5, 5.41) is 2.86. The minimum absolute atomic E-state index is 0.0579. The van der Waals surface area contributed by atoms with E-state index in [4.69, 9.17) is 4.74 Å². The molecule has 0 radical (unpaired) electrons. The number of ether oxygens (including phenoxy) is 1. The van der Waals surface area contributed by atoms with Crippen LogP contribution in [-0.2, 0) is 16.0 Å². The highest BCUT2D eigenvalue weighted by Gasteiger charge is 2.41. The van der Waals surface area contributed by atoms with Crippen molar-refractivity contribution in [2.75, 3.05) is 16.8 Å². The maximum Gasteiger partial charge on any atom is 0.271 e. The van der Waals surface area contributed by atoms with E-state index in [9.17, 15) is 9.59 Å². The molecular formula is C21H24N2O3. The molecule has 0 saturated carbocycles. The van der Waals surface area contributed by atoms with E-state index in [1.807, 2.05) is 49.4 Å². The molecular weight excluding hydrogens is 328 g/mol. The Morgan fingerprint density at radius 1 is 1.15 bits per heavy atom. The van der Waals surface area contributed by atoms with E-state index < -0.39 is 5.60 Å². The number of nitrogens with zero attached hydrogens (tertiary/aromatic N) is 1. The molecule has 1 aliphatic rings. The highest BCUT2D eigenvalue weighted by atomic mass is 16.5. The van der Waals surface area contributed by atoms with Gasteiger partial charge in [-0.25, -0.2) is 0 Å². The summed E-state index contributed by atoms with van der Waals surface area (Å²) in [6.45, 7) is 7.40. The molecule has 2 amide bonds. The normalized spacial score (nSPS) is 15.2. The first-order chi connectivity index (χ1) is 12.3. The summed E-state index contributed by atoms with van der Waals surface area (Å²) in [6.07, 6.45) is 0.946. The predicted octanol–water partition coefficient (Wildman–Crippen LogP) is 3.70. The Morgan fingerprint density at radius 3 is 2.50 bits per heavy atom. The van der Waals surface area contributed by atoms with E-state index in [-0.39, 0.29) is 18.4 Å². The highest BCUT2D eigenvalue weighted by molar-refractivity contribution is 6.07. The molecule has 2 aromatic carbocycles. The Morgan fingerprint density at radius 2 is 1.85 bits per heavy atom. The van der Waals surface area contributed by atoms with E-state index >= 15 is 0 Å². The van der Waals surface area contributed by atoms with Gasteiger partial charge in [0, 0.05) is 5.69 Å². The summed E-state index contributed by atoms with van der Waals surface area (Å²) < 4.78 is 5.82. The van der Waals surface area contributed by atoms with Crippen LogP contribution in [0.1, 0.15) is 31.9 Å². The first-order valence-electron chi connectivity index (χ1n) is 8.80. The summed E-state index contributed by atoms with van der Waals surface area (Å²) in [6, 6.07) is 13.4. The average Bonchev–Trinajstić information content (AvgIpc) is 2.60. The Kier molecular flexibility index (Phi) is 4.72. The molecule has 0 bridgehead atoms. The van der Waals surface area contributed by atoms with Crippen molar-refractivity contribution in [3.8, 4) is 5.75 Å². The Labute approximate surface area is 154 Å². The molecule has 1 heterocycles. The second-order valence-electron chi connectivity index (χ2n) is 7.07. The van der Waals surface area contributed by atoms with Crippen molar-refractivity contribution >= 4 is 23.2 Å². The molecule has 0 unspecified atom stereocenters. The SMILES string of the molecule is CCc1ccc(NC(=O)CN2C(=O)C(C)(C)Oc3ccc(C)cc32)cc1. The smallest absolute Gasteiger partial charge is 0.271 e. The van der Waals surface area contributed by atoms with Gasteiger partial charge in [0.15, 0.2) is 5.60 Å². The number of benzene rings is 2. The van der Waals surface area contributed by atoms with E-state index in [1.165, 1.54) is 10.5 Å². The minimum atomic E-state index is -1.01. The molecule has 26 heavy (non-hydrogen) atoms. The van der Waals surface area contributed by atoms with Crippen LogP contribution in [0, 0.1) is 6.92 Å². The van der Waals surface area contributed by atoms with Crippen molar-refractivity contribution in [1.82, 2.24) is 0 Å². The monoisotopic (exact) mass is 352 g/mol. The number of hydrogen-bond donors (Lipinski definition) is 1. The molecule has 0 spiro atoms. The molecule has 0 saturated heterocycles. The van der Waals surface area contributed by atoms with Crippen LogP contribution >= 0.6 is 0 Å². The number of anilines is 2. The van der Waals surface area contributed by atoms with Crippen molar-refractivity contribution in [2.24, 2.45) is 0 Å². The predicted molar refractivity (Wildman–Crippen MR) is 103 cm³/mol. The maximum atomic E-state index is 12.8. The van der Waals surface area contributed by atoms with E-state index in [0.29, 0.717) is 11.4 Å². The third-order valence-corrected chi connectivity index (χ3v) is 4.48. The molecule has 0 atom stereocenters. The van der Waals surface area contributed by atoms with Gasteiger partial charge in [-0.1, -0.05) is 25.1 Å². The van der Waals surface area contributed by atoms with Crippen LogP contribution in [0.15, 0.2) is 42.5 Å². The third-order valence-electron chi connectivity index (χ3n) is 4.48. The van der Waals surface area contributed by atoms with Crippen LogP contribution in [0.2, 0.25) is 0 Å². The number of nitrogens with one attached hydrogen (secondary N) is 1. The first kappa shape index (κ1) is 18.0. The molecule has 1 aliphatic heterocycles. The van der Waals surface area contributed by atoms with Crippen LogP contribution in [0.25, 0.3) is 0 Å². The van der Waals surface area contributed by atoms with Crippen molar-refractivity contribution in [3.63, 3.8) is 0 Å². The number of rotatable bonds is 4. The summed E-state index contributed by atoms with van der Waals surface area (Å²) in [5.41, 5.74) is 2.55. The van der Waals surface area contributed by atoms with E-state index in [1.54, 1.807) is 13.8 Å². The highest BCUT2D eigenvalue weighted by Crippen LogP contribution is 2.38. The van der Waals surface area contributed by atoms with Gasteiger partial charge in [0.25, 0.3) is 5.91 Å². The molecule has 5 heteroatoms. The number of hydrogen-bond acceptors (Lipinski definition) is 3. The van der Waals surface area contributed by atoms with Gasteiger partial charge >= 0.3 is 0 Å². The largest absolute Gasteiger partial charge is 0.476 e. The summed E-state index contributed by atoms with van der Waals surface area (Å²) >= 11 is 0. The van der Waals surface area contributed by atoms with Crippen LogP contribution in [0.4, 0.5) is 11.4 Å². The lowest BCUT2D eigenvalue weighted by molar-refractivity contribution is -0.133. The standard InChI is InChI=1S/C21H24N2O3/c1-5-15-7-9-16(10-8-15)22-19(24)13-23-17-12-14(2)6-11-18(17)26-21(3,4)20(23)25/h6-12H,5,13H2,1-4H3,(H,22,24). The average molecular weight is 352 g/mol. The fourth-order valence-corrected chi connectivity index (χ4v) is 3.00. The molecule has 136 valence electrons. The number of carbonyl (C=O) groups excluding carboxylic acids is 2. The molecule has 0 fully saturated rings. The first-order valence-corrected chi connectivity index (χ1v) is 8.80. The number of carbonyl (C=O) groups is 2. The number of amides is 2.